The molecule has 1 atom stereocenters. The second-order valence-electron chi connectivity index (χ2n) is 12.5. The van der Waals surface area contributed by atoms with Gasteiger partial charge in [0.1, 0.15) is 13.2 Å². The quantitative estimate of drug-likeness (QED) is 0.0709. The van der Waals surface area contributed by atoms with Crippen LogP contribution in [0.5, 0.6) is 0 Å². The molecule has 260 valence electrons. The van der Waals surface area contributed by atoms with Crippen LogP contribution in [0.4, 0.5) is 4.79 Å². The van der Waals surface area contributed by atoms with Crippen LogP contribution in [0, 0.1) is 0 Å². The SMILES string of the molecule is CCCCCCCCCCCCCCCCCCNC(=O)OCC(CNS(=O)(=O)CCC[n+]1cccc2ccccc21)NC(C)=O. The molecule has 2 rings (SSSR count). The molecule has 9 nitrogen and oxygen atoms in total. The molecule has 1 aromatic heterocycles. The first-order valence-corrected chi connectivity index (χ1v) is 19.5. The fraction of sp³-hybridized carbons (Fsp3) is 0.694. The molecule has 0 aliphatic carbocycles. The Hall–Kier alpha value is -2.72. The van der Waals surface area contributed by atoms with Crippen molar-refractivity contribution in [2.24, 2.45) is 0 Å². The maximum Gasteiger partial charge on any atom is 0.407 e. The molecule has 1 unspecified atom stereocenters. The molecule has 0 fully saturated rings. The molecule has 0 bridgehead atoms. The van der Waals surface area contributed by atoms with Gasteiger partial charge in [-0.15, -0.1) is 0 Å². The second-order valence-corrected chi connectivity index (χ2v) is 14.4. The number of hydrogen-bond acceptors (Lipinski definition) is 5. The van der Waals surface area contributed by atoms with Crippen molar-refractivity contribution in [3.63, 3.8) is 0 Å². The summed E-state index contributed by atoms with van der Waals surface area (Å²) in [5, 5.41) is 6.51. The van der Waals surface area contributed by atoms with Gasteiger partial charge in [0.05, 0.1) is 11.8 Å². The smallest absolute Gasteiger partial charge is 0.407 e. The number of hydrogen-bond donors (Lipinski definition) is 3. The Bertz CT molecular complexity index is 1220. The van der Waals surface area contributed by atoms with E-state index in [-0.39, 0.29) is 24.8 Å². The molecule has 0 aliphatic rings. The van der Waals surface area contributed by atoms with Gasteiger partial charge in [0, 0.05) is 44.0 Å². The maximum absolute atomic E-state index is 12.6. The number of nitrogens with zero attached hydrogens (tertiary/aromatic N) is 1. The van der Waals surface area contributed by atoms with E-state index in [1.807, 2.05) is 47.2 Å². The van der Waals surface area contributed by atoms with Crippen molar-refractivity contribution in [2.75, 3.05) is 25.4 Å². The average Bonchev–Trinajstić information content (AvgIpc) is 3.03. The molecular formula is C36H61N4O5S+. The molecule has 1 aromatic carbocycles. The number of nitrogens with one attached hydrogen (secondary N) is 3. The van der Waals surface area contributed by atoms with Gasteiger partial charge in [0.25, 0.3) is 0 Å². The molecule has 0 radical (unpaired) electrons. The Labute approximate surface area is 278 Å². The maximum atomic E-state index is 12.6. The highest BCUT2D eigenvalue weighted by Crippen LogP contribution is 2.14. The number of amides is 2. The van der Waals surface area contributed by atoms with Gasteiger partial charge in [-0.2, -0.15) is 4.57 Å². The van der Waals surface area contributed by atoms with Crippen LogP contribution in [0.1, 0.15) is 123 Å². The summed E-state index contributed by atoms with van der Waals surface area (Å²) in [6, 6.07) is 11.3. The lowest BCUT2D eigenvalue weighted by Gasteiger charge is -2.18. The second kappa shape index (κ2) is 24.5. The molecular weight excluding hydrogens is 600 g/mol. The van der Waals surface area contributed by atoms with E-state index in [1.165, 1.54) is 96.8 Å². The molecule has 1 heterocycles. The van der Waals surface area contributed by atoms with Gasteiger partial charge in [0.15, 0.2) is 6.20 Å². The molecule has 46 heavy (non-hydrogen) atoms. The number of benzene rings is 1. The zero-order chi connectivity index (χ0) is 33.3. The topological polar surface area (TPSA) is 117 Å². The average molecular weight is 662 g/mol. The van der Waals surface area contributed by atoms with Gasteiger partial charge in [-0.05, 0) is 18.6 Å². The monoisotopic (exact) mass is 661 g/mol. The minimum atomic E-state index is -3.58. The number of pyridine rings is 1. The fourth-order valence-electron chi connectivity index (χ4n) is 5.67. The Morgan fingerprint density at radius 3 is 1.96 bits per heavy atom. The Kier molecular flexibility index (Phi) is 21.0. The van der Waals surface area contributed by atoms with Crippen molar-refractivity contribution in [2.45, 2.75) is 136 Å². The Morgan fingerprint density at radius 2 is 1.35 bits per heavy atom. The van der Waals surface area contributed by atoms with E-state index >= 15 is 0 Å². The fourth-order valence-corrected chi connectivity index (χ4v) is 6.78. The summed E-state index contributed by atoms with van der Waals surface area (Å²) in [6.45, 7) is 4.51. The summed E-state index contributed by atoms with van der Waals surface area (Å²) in [5.74, 6) is -0.384. The predicted molar refractivity (Wildman–Crippen MR) is 187 cm³/mol. The van der Waals surface area contributed by atoms with E-state index in [9.17, 15) is 18.0 Å². The number of unbranched alkanes of at least 4 members (excludes halogenated alkanes) is 15. The van der Waals surface area contributed by atoms with Gasteiger partial charge in [0.2, 0.25) is 21.4 Å². The van der Waals surface area contributed by atoms with Gasteiger partial charge >= 0.3 is 6.09 Å². The third-order valence-corrected chi connectivity index (χ3v) is 9.71. The van der Waals surface area contributed by atoms with Gasteiger partial charge in [-0.3, -0.25) is 4.79 Å². The van der Waals surface area contributed by atoms with Crippen molar-refractivity contribution in [3.05, 3.63) is 42.6 Å². The largest absolute Gasteiger partial charge is 0.447 e. The van der Waals surface area contributed by atoms with E-state index in [0.29, 0.717) is 19.5 Å². The summed E-state index contributed by atoms with van der Waals surface area (Å²) < 4.78 is 35.2. The molecule has 3 N–H and O–H groups in total. The van der Waals surface area contributed by atoms with Gasteiger partial charge in [-0.1, -0.05) is 115 Å². The van der Waals surface area contributed by atoms with E-state index in [1.54, 1.807) is 0 Å². The van der Waals surface area contributed by atoms with Crippen LogP contribution in [-0.4, -0.2) is 51.9 Å². The van der Waals surface area contributed by atoms with Crippen molar-refractivity contribution in [1.82, 2.24) is 15.4 Å². The van der Waals surface area contributed by atoms with Crippen molar-refractivity contribution < 1.29 is 27.3 Å². The zero-order valence-corrected chi connectivity index (χ0v) is 29.4. The van der Waals surface area contributed by atoms with Crippen LogP contribution < -0.4 is 19.9 Å². The van der Waals surface area contributed by atoms with Crippen molar-refractivity contribution in [1.29, 1.82) is 0 Å². The molecule has 0 aliphatic heterocycles. The third kappa shape index (κ3) is 19.1. The molecule has 0 saturated carbocycles. The first-order chi connectivity index (χ1) is 22.3. The molecule has 2 amide bonds. The highest BCUT2D eigenvalue weighted by molar-refractivity contribution is 7.89. The van der Waals surface area contributed by atoms with Gasteiger partial charge < -0.3 is 15.4 Å². The highest BCUT2D eigenvalue weighted by Gasteiger charge is 2.18. The van der Waals surface area contributed by atoms with Crippen LogP contribution in [0.15, 0.2) is 42.6 Å². The van der Waals surface area contributed by atoms with Crippen LogP contribution in [0.3, 0.4) is 0 Å². The van der Waals surface area contributed by atoms with Crippen molar-refractivity contribution >= 4 is 32.9 Å². The van der Waals surface area contributed by atoms with Crippen LogP contribution in [-0.2, 0) is 26.1 Å². The van der Waals surface area contributed by atoms with Crippen molar-refractivity contribution in [3.8, 4) is 0 Å². The normalized spacial score (nSPS) is 12.2. The third-order valence-electron chi connectivity index (χ3n) is 8.27. The molecule has 10 heteroatoms. The first kappa shape index (κ1) is 39.5. The van der Waals surface area contributed by atoms with E-state index in [0.717, 1.165) is 23.7 Å². The number of rotatable bonds is 27. The number of ether oxygens (including phenoxy) is 1. The van der Waals surface area contributed by atoms with Crippen LogP contribution in [0.2, 0.25) is 0 Å². The summed E-state index contributed by atoms with van der Waals surface area (Å²) >= 11 is 0. The van der Waals surface area contributed by atoms with E-state index < -0.39 is 22.2 Å². The van der Waals surface area contributed by atoms with Gasteiger partial charge in [-0.25, -0.2) is 17.9 Å². The lowest BCUT2D eigenvalue weighted by molar-refractivity contribution is -0.671. The number of carbonyl (C=O) groups is 2. The number of carbonyl (C=O) groups excluding carboxylic acids is 2. The Morgan fingerprint density at radius 1 is 0.783 bits per heavy atom. The minimum absolute atomic E-state index is 0.0589. The predicted octanol–water partition coefficient (Wildman–Crippen LogP) is 6.93. The lowest BCUT2D eigenvalue weighted by atomic mass is 10.0. The number of para-hydroxylation sites is 1. The summed E-state index contributed by atoms with van der Waals surface area (Å²) in [7, 11) is -3.58. The number of fused-ring (bicyclic) bond motifs is 1. The van der Waals surface area contributed by atoms with E-state index in [4.69, 9.17) is 4.74 Å². The number of aromatic nitrogens is 1. The summed E-state index contributed by atoms with van der Waals surface area (Å²) in [6.07, 6.45) is 22.5. The zero-order valence-electron chi connectivity index (χ0n) is 28.6. The first-order valence-electron chi connectivity index (χ1n) is 17.8. The van der Waals surface area contributed by atoms with Crippen LogP contribution in [0.25, 0.3) is 10.9 Å². The van der Waals surface area contributed by atoms with Crippen LogP contribution >= 0.6 is 0 Å². The molecule has 0 saturated heterocycles. The molecule has 2 aromatic rings. The van der Waals surface area contributed by atoms with E-state index in [2.05, 4.69) is 22.3 Å². The summed E-state index contributed by atoms with van der Waals surface area (Å²) in [5.41, 5.74) is 1.05. The number of alkyl carbamates (subject to hydrolysis) is 1. The molecule has 0 spiro atoms. The lowest BCUT2D eigenvalue weighted by Crippen LogP contribution is -2.47. The standard InChI is InChI=1S/C36H60N4O5S/c1-3-4-5-6-7-8-9-10-11-12-13-14-15-16-17-20-26-37-36(42)45-31-34(39-32(2)41)30-38-46(43,44)29-22-28-40-27-21-24-33-23-18-19-25-35(33)40/h18-19,21,23-25,27,34,38H,3-17,20,22,26,28-31H2,1-2H3,(H-,37,39,41,42)/p+1. The minimum Gasteiger partial charge on any atom is -0.447 e. The number of sulfonamides is 1. The number of aryl methyl sites for hydroxylation is 1. The summed E-state index contributed by atoms with van der Waals surface area (Å²) in [4.78, 5) is 23.8. The highest BCUT2D eigenvalue weighted by atomic mass is 32.2. The Balaban J connectivity index is 1.50.